The Morgan fingerprint density at radius 3 is 2.00 bits per heavy atom. The summed E-state index contributed by atoms with van der Waals surface area (Å²) in [5, 5.41) is 0.571. The lowest BCUT2D eigenvalue weighted by Gasteiger charge is -2.27. The fourth-order valence-corrected chi connectivity index (χ4v) is 4.23. The van der Waals surface area contributed by atoms with Gasteiger partial charge in [0.05, 0.1) is 0 Å². The third-order valence-electron chi connectivity index (χ3n) is 4.89. The Labute approximate surface area is 164 Å². The Balaban J connectivity index is 1.93. The highest BCUT2D eigenvalue weighted by atomic mass is 79.9. The number of rotatable bonds is 3. The molecule has 0 saturated carbocycles. The van der Waals surface area contributed by atoms with Gasteiger partial charge in [-0.1, -0.05) is 76.1 Å². The minimum Gasteiger partial charge on any atom is -0.293 e. The van der Waals surface area contributed by atoms with Crippen LogP contribution in [0.1, 0.15) is 31.8 Å². The number of halogens is 2. The van der Waals surface area contributed by atoms with Gasteiger partial charge in [0.1, 0.15) is 5.41 Å². The molecule has 0 amide bonds. The minimum atomic E-state index is -1.25. The maximum atomic E-state index is 13.4. The van der Waals surface area contributed by atoms with E-state index >= 15 is 0 Å². The number of fused-ring (bicyclic) bond motifs is 1. The van der Waals surface area contributed by atoms with E-state index < -0.39 is 5.41 Å². The number of benzene rings is 3. The van der Waals surface area contributed by atoms with Gasteiger partial charge >= 0.3 is 0 Å². The van der Waals surface area contributed by atoms with Crippen LogP contribution < -0.4 is 0 Å². The predicted octanol–water partition coefficient (Wildman–Crippen LogP) is 5.66. The van der Waals surface area contributed by atoms with Gasteiger partial charge in [-0.2, -0.15) is 0 Å². The van der Waals surface area contributed by atoms with Gasteiger partial charge in [0.25, 0.3) is 0 Å². The highest BCUT2D eigenvalue weighted by Crippen LogP contribution is 2.42. The van der Waals surface area contributed by atoms with E-state index in [4.69, 9.17) is 11.6 Å². The molecule has 0 spiro atoms. The van der Waals surface area contributed by atoms with Crippen molar-refractivity contribution in [3.8, 4) is 0 Å². The first-order chi connectivity index (χ1) is 12.5. The minimum absolute atomic E-state index is 0.152. The van der Waals surface area contributed by atoms with Gasteiger partial charge in [0.15, 0.2) is 11.6 Å². The van der Waals surface area contributed by atoms with Crippen molar-refractivity contribution in [1.29, 1.82) is 0 Å². The van der Waals surface area contributed by atoms with E-state index in [1.807, 2.05) is 24.3 Å². The zero-order valence-corrected chi connectivity index (χ0v) is 16.0. The first-order valence-electron chi connectivity index (χ1n) is 8.21. The molecule has 1 aliphatic carbocycles. The standard InChI is InChI=1S/C22H14BrClO2/c23-16-5-3-4-14(12-16)13-22(15-8-10-17(24)11-9-15)20(25)18-6-1-2-7-19(18)21(22)26/h1-12H,13H2. The second-order valence-corrected chi connectivity index (χ2v) is 7.77. The summed E-state index contributed by atoms with van der Waals surface area (Å²) in [6.07, 6.45) is 0.306. The summed E-state index contributed by atoms with van der Waals surface area (Å²) >= 11 is 9.50. The Morgan fingerprint density at radius 1 is 0.808 bits per heavy atom. The van der Waals surface area contributed by atoms with Gasteiger partial charge < -0.3 is 0 Å². The van der Waals surface area contributed by atoms with Crippen LogP contribution in [0.25, 0.3) is 0 Å². The second kappa shape index (κ2) is 6.49. The van der Waals surface area contributed by atoms with Gasteiger partial charge in [-0.05, 0) is 41.8 Å². The van der Waals surface area contributed by atoms with Crippen LogP contribution >= 0.6 is 27.5 Å². The van der Waals surface area contributed by atoms with Crippen molar-refractivity contribution < 1.29 is 9.59 Å². The Kier molecular flexibility index (Phi) is 4.29. The van der Waals surface area contributed by atoms with E-state index in [-0.39, 0.29) is 11.6 Å². The second-order valence-electron chi connectivity index (χ2n) is 6.42. The summed E-state index contributed by atoms with van der Waals surface area (Å²) in [7, 11) is 0. The first-order valence-corrected chi connectivity index (χ1v) is 9.38. The number of hydrogen-bond donors (Lipinski definition) is 0. The molecule has 0 bridgehead atoms. The lowest BCUT2D eigenvalue weighted by Crippen LogP contribution is -2.40. The zero-order chi connectivity index (χ0) is 18.3. The van der Waals surface area contributed by atoms with Crippen molar-refractivity contribution in [3.63, 3.8) is 0 Å². The lowest BCUT2D eigenvalue weighted by atomic mass is 9.71. The van der Waals surface area contributed by atoms with Crippen LogP contribution in [-0.2, 0) is 11.8 Å². The Bertz CT molecular complexity index is 989. The van der Waals surface area contributed by atoms with E-state index in [2.05, 4.69) is 15.9 Å². The molecule has 3 aromatic rings. The van der Waals surface area contributed by atoms with Crippen LogP contribution in [0.3, 0.4) is 0 Å². The van der Waals surface area contributed by atoms with E-state index in [0.717, 1.165) is 10.0 Å². The number of carbonyl (C=O) groups excluding carboxylic acids is 2. The molecule has 2 nitrogen and oxygen atoms in total. The van der Waals surface area contributed by atoms with Crippen molar-refractivity contribution in [1.82, 2.24) is 0 Å². The van der Waals surface area contributed by atoms with E-state index in [1.165, 1.54) is 0 Å². The monoisotopic (exact) mass is 424 g/mol. The molecule has 3 aromatic carbocycles. The largest absolute Gasteiger partial charge is 0.293 e. The molecule has 0 aliphatic heterocycles. The lowest BCUT2D eigenvalue weighted by molar-refractivity contribution is 0.0793. The SMILES string of the molecule is O=C1c2ccccc2C(=O)C1(Cc1cccc(Br)c1)c1ccc(Cl)cc1. The highest BCUT2D eigenvalue weighted by Gasteiger charge is 2.53. The van der Waals surface area contributed by atoms with Crippen LogP contribution in [-0.4, -0.2) is 11.6 Å². The molecule has 4 heteroatoms. The number of Topliss-reactive ketones (excluding diaryl/α,β-unsaturated/α-hetero) is 2. The van der Waals surface area contributed by atoms with Crippen LogP contribution in [0.5, 0.6) is 0 Å². The van der Waals surface area contributed by atoms with E-state index in [1.54, 1.807) is 48.5 Å². The summed E-state index contributed by atoms with van der Waals surface area (Å²) in [6.45, 7) is 0. The summed E-state index contributed by atoms with van der Waals surface area (Å²) in [5.74, 6) is -0.305. The average molecular weight is 426 g/mol. The molecule has 0 saturated heterocycles. The van der Waals surface area contributed by atoms with Crippen molar-refractivity contribution in [2.45, 2.75) is 11.8 Å². The number of ketones is 2. The van der Waals surface area contributed by atoms with E-state index in [0.29, 0.717) is 28.1 Å². The molecule has 1 aliphatic rings. The fourth-order valence-electron chi connectivity index (χ4n) is 3.65. The summed E-state index contributed by atoms with van der Waals surface area (Å²) in [4.78, 5) is 26.9. The first kappa shape index (κ1) is 17.2. The summed E-state index contributed by atoms with van der Waals surface area (Å²) in [6, 6.07) is 21.8. The Hall–Kier alpha value is -2.23. The predicted molar refractivity (Wildman–Crippen MR) is 106 cm³/mol. The molecule has 0 radical (unpaired) electrons. The van der Waals surface area contributed by atoms with Crippen molar-refractivity contribution in [2.24, 2.45) is 0 Å². The zero-order valence-electron chi connectivity index (χ0n) is 13.7. The third kappa shape index (κ3) is 2.63. The van der Waals surface area contributed by atoms with Crippen molar-refractivity contribution in [2.75, 3.05) is 0 Å². The van der Waals surface area contributed by atoms with Crippen LogP contribution in [0, 0.1) is 0 Å². The van der Waals surface area contributed by atoms with Crippen LogP contribution in [0.15, 0.2) is 77.3 Å². The molecule has 0 N–H and O–H groups in total. The number of hydrogen-bond acceptors (Lipinski definition) is 2. The molecule has 0 heterocycles. The molecule has 0 atom stereocenters. The smallest absolute Gasteiger partial charge is 0.182 e. The Morgan fingerprint density at radius 2 is 1.42 bits per heavy atom. The molecule has 26 heavy (non-hydrogen) atoms. The average Bonchev–Trinajstić information content (AvgIpc) is 2.85. The van der Waals surface area contributed by atoms with Crippen LogP contribution in [0.2, 0.25) is 5.02 Å². The number of carbonyl (C=O) groups is 2. The maximum absolute atomic E-state index is 13.4. The molecular weight excluding hydrogens is 412 g/mol. The molecule has 0 fully saturated rings. The normalized spacial score (nSPS) is 15.2. The third-order valence-corrected chi connectivity index (χ3v) is 5.63. The quantitative estimate of drug-likeness (QED) is 0.507. The van der Waals surface area contributed by atoms with Crippen molar-refractivity contribution >= 4 is 39.1 Å². The van der Waals surface area contributed by atoms with Gasteiger partial charge in [0, 0.05) is 20.6 Å². The molecule has 4 rings (SSSR count). The van der Waals surface area contributed by atoms with Gasteiger partial charge in [-0.3, -0.25) is 9.59 Å². The molecule has 0 aromatic heterocycles. The molecule has 128 valence electrons. The van der Waals surface area contributed by atoms with Crippen LogP contribution in [0.4, 0.5) is 0 Å². The summed E-state index contributed by atoms with van der Waals surface area (Å²) in [5.41, 5.74) is 1.32. The summed E-state index contributed by atoms with van der Waals surface area (Å²) < 4.78 is 0.914. The maximum Gasteiger partial charge on any atom is 0.182 e. The van der Waals surface area contributed by atoms with Gasteiger partial charge in [0.2, 0.25) is 0 Å². The fraction of sp³-hybridized carbons (Fsp3) is 0.0909. The topological polar surface area (TPSA) is 34.1 Å². The van der Waals surface area contributed by atoms with Gasteiger partial charge in [-0.15, -0.1) is 0 Å². The van der Waals surface area contributed by atoms with E-state index in [9.17, 15) is 9.59 Å². The molecular formula is C22H14BrClO2. The van der Waals surface area contributed by atoms with Gasteiger partial charge in [-0.25, -0.2) is 0 Å². The highest BCUT2D eigenvalue weighted by molar-refractivity contribution is 9.10. The molecule has 0 unspecified atom stereocenters. The van der Waals surface area contributed by atoms with Crippen molar-refractivity contribution in [3.05, 3.63) is 105 Å².